The van der Waals surface area contributed by atoms with E-state index in [2.05, 4.69) is 22.1 Å². The zero-order valence-corrected chi connectivity index (χ0v) is 12.2. The molecule has 4 nitrogen and oxygen atoms in total. The Balaban J connectivity index is 2.15. The van der Waals surface area contributed by atoms with Gasteiger partial charge in [-0.1, -0.05) is 11.8 Å². The zero-order chi connectivity index (χ0) is 13.8. The number of thiophene rings is 1. The minimum absolute atomic E-state index is 0.150. The van der Waals surface area contributed by atoms with Crippen molar-refractivity contribution in [3.05, 3.63) is 32.5 Å². The first-order chi connectivity index (χ1) is 9.10. The Kier molecular flexibility index (Phi) is 4.32. The van der Waals surface area contributed by atoms with E-state index in [4.69, 9.17) is 5.73 Å². The molecule has 2 aromatic heterocycles. The molecule has 0 aliphatic carbocycles. The van der Waals surface area contributed by atoms with E-state index >= 15 is 0 Å². The first-order valence-corrected chi connectivity index (χ1v) is 7.26. The number of nitrogens with zero attached hydrogens (tertiary/aromatic N) is 1. The summed E-state index contributed by atoms with van der Waals surface area (Å²) in [4.78, 5) is 18.7. The first-order valence-electron chi connectivity index (χ1n) is 5.63. The van der Waals surface area contributed by atoms with E-state index in [1.54, 1.807) is 6.20 Å². The van der Waals surface area contributed by atoms with Gasteiger partial charge in [-0.2, -0.15) is 0 Å². The topological polar surface area (TPSA) is 68.0 Å². The van der Waals surface area contributed by atoms with Crippen molar-refractivity contribution >= 4 is 33.7 Å². The standard InChI is InChI=1S/C13H13N3OS2/c1-8-6-11(19-10(8)4-3-5-14)12(17)16-13-15-7-9(2)18-13/h6-7H,5,14H2,1-2H3,(H,15,16,17). The van der Waals surface area contributed by atoms with Crippen molar-refractivity contribution in [2.24, 2.45) is 5.73 Å². The van der Waals surface area contributed by atoms with Crippen molar-refractivity contribution in [2.75, 3.05) is 11.9 Å². The lowest BCUT2D eigenvalue weighted by atomic mass is 10.2. The van der Waals surface area contributed by atoms with Gasteiger partial charge in [0.05, 0.1) is 16.3 Å². The monoisotopic (exact) mass is 291 g/mol. The Morgan fingerprint density at radius 2 is 2.26 bits per heavy atom. The predicted molar refractivity (Wildman–Crippen MR) is 79.8 cm³/mol. The molecule has 3 N–H and O–H groups in total. The summed E-state index contributed by atoms with van der Waals surface area (Å²) >= 11 is 2.82. The smallest absolute Gasteiger partial charge is 0.267 e. The van der Waals surface area contributed by atoms with E-state index in [9.17, 15) is 4.79 Å². The van der Waals surface area contributed by atoms with Gasteiger partial charge in [-0.15, -0.1) is 22.7 Å². The van der Waals surface area contributed by atoms with Crippen LogP contribution < -0.4 is 11.1 Å². The lowest BCUT2D eigenvalue weighted by Crippen LogP contribution is -2.09. The summed E-state index contributed by atoms with van der Waals surface area (Å²) in [6.45, 7) is 4.20. The zero-order valence-electron chi connectivity index (χ0n) is 10.6. The Hall–Kier alpha value is -1.68. The van der Waals surface area contributed by atoms with Crippen LogP contribution in [0.1, 0.15) is 25.0 Å². The number of carbonyl (C=O) groups is 1. The molecule has 0 radical (unpaired) electrons. The second-order valence-corrected chi connectivity index (χ2v) is 6.15. The molecule has 2 rings (SSSR count). The molecule has 0 aliphatic rings. The van der Waals surface area contributed by atoms with Crippen LogP contribution in [0.2, 0.25) is 0 Å². The number of hydrogen-bond acceptors (Lipinski definition) is 5. The average Bonchev–Trinajstić information content (AvgIpc) is 2.93. The Morgan fingerprint density at radius 1 is 1.47 bits per heavy atom. The number of amides is 1. The van der Waals surface area contributed by atoms with Gasteiger partial charge in [-0.25, -0.2) is 4.98 Å². The number of anilines is 1. The number of thiazole rings is 1. The Bertz CT molecular complexity index is 661. The number of hydrogen-bond donors (Lipinski definition) is 2. The first kappa shape index (κ1) is 13.7. The van der Waals surface area contributed by atoms with Crippen molar-refractivity contribution < 1.29 is 4.79 Å². The normalized spacial score (nSPS) is 9.84. The van der Waals surface area contributed by atoms with E-state index < -0.39 is 0 Å². The summed E-state index contributed by atoms with van der Waals surface area (Å²) in [6, 6.07) is 1.83. The highest BCUT2D eigenvalue weighted by molar-refractivity contribution is 7.16. The highest BCUT2D eigenvalue weighted by atomic mass is 32.1. The quantitative estimate of drug-likeness (QED) is 0.835. The van der Waals surface area contributed by atoms with Gasteiger partial charge in [0.25, 0.3) is 5.91 Å². The number of nitrogens with two attached hydrogens (primary N) is 1. The van der Waals surface area contributed by atoms with Gasteiger partial charge < -0.3 is 5.73 Å². The van der Waals surface area contributed by atoms with Gasteiger partial charge in [0.1, 0.15) is 0 Å². The lowest BCUT2D eigenvalue weighted by Gasteiger charge is -1.97. The Morgan fingerprint density at radius 3 is 2.89 bits per heavy atom. The number of rotatable bonds is 2. The van der Waals surface area contributed by atoms with Crippen molar-refractivity contribution in [2.45, 2.75) is 13.8 Å². The molecule has 0 saturated heterocycles. The summed E-state index contributed by atoms with van der Waals surface area (Å²) in [5, 5.41) is 3.40. The van der Waals surface area contributed by atoms with Crippen molar-refractivity contribution in [3.8, 4) is 11.8 Å². The van der Waals surface area contributed by atoms with Gasteiger partial charge >= 0.3 is 0 Å². The maximum Gasteiger partial charge on any atom is 0.267 e. The molecular formula is C13H13N3OS2. The minimum atomic E-state index is -0.150. The molecule has 19 heavy (non-hydrogen) atoms. The second kappa shape index (κ2) is 5.97. The molecule has 98 valence electrons. The van der Waals surface area contributed by atoms with Gasteiger partial charge in [0.2, 0.25) is 0 Å². The van der Waals surface area contributed by atoms with Crippen LogP contribution in [0, 0.1) is 25.7 Å². The third-order valence-electron chi connectivity index (χ3n) is 2.29. The van der Waals surface area contributed by atoms with Crippen molar-refractivity contribution in [1.29, 1.82) is 0 Å². The number of aryl methyl sites for hydroxylation is 2. The maximum atomic E-state index is 12.1. The van der Waals surface area contributed by atoms with Crippen LogP contribution in [0.25, 0.3) is 0 Å². The molecule has 0 bridgehead atoms. The molecule has 0 aromatic carbocycles. The molecule has 6 heteroatoms. The predicted octanol–water partition coefficient (Wildman–Crippen LogP) is 2.38. The third kappa shape index (κ3) is 3.41. The molecule has 0 saturated carbocycles. The van der Waals surface area contributed by atoms with E-state index in [0.717, 1.165) is 15.3 Å². The van der Waals surface area contributed by atoms with Crippen LogP contribution >= 0.6 is 22.7 Å². The average molecular weight is 291 g/mol. The fourth-order valence-electron chi connectivity index (χ4n) is 1.42. The van der Waals surface area contributed by atoms with Crippen LogP contribution in [0.4, 0.5) is 5.13 Å². The molecule has 2 aromatic rings. The summed E-state index contributed by atoms with van der Waals surface area (Å²) in [5.74, 6) is 5.61. The van der Waals surface area contributed by atoms with Gasteiger partial charge in [-0.05, 0) is 25.5 Å². The van der Waals surface area contributed by atoms with E-state index in [-0.39, 0.29) is 5.91 Å². The Labute approximate surface area is 119 Å². The molecule has 1 amide bonds. The van der Waals surface area contributed by atoms with Gasteiger partial charge in [-0.3, -0.25) is 10.1 Å². The highest BCUT2D eigenvalue weighted by Gasteiger charge is 2.13. The van der Waals surface area contributed by atoms with Gasteiger partial charge in [0, 0.05) is 11.1 Å². The van der Waals surface area contributed by atoms with Crippen LogP contribution in [-0.2, 0) is 0 Å². The fraction of sp³-hybridized carbons (Fsp3) is 0.231. The number of aromatic nitrogens is 1. The number of nitrogens with one attached hydrogen (secondary N) is 1. The lowest BCUT2D eigenvalue weighted by molar-refractivity contribution is 0.103. The molecule has 0 fully saturated rings. The summed E-state index contributed by atoms with van der Waals surface area (Å²) in [6.07, 6.45) is 1.73. The summed E-state index contributed by atoms with van der Waals surface area (Å²) in [7, 11) is 0. The highest BCUT2D eigenvalue weighted by Crippen LogP contribution is 2.23. The van der Waals surface area contributed by atoms with Crippen LogP contribution in [-0.4, -0.2) is 17.4 Å². The molecule has 0 unspecified atom stereocenters. The van der Waals surface area contributed by atoms with E-state index in [1.807, 2.05) is 19.9 Å². The largest absolute Gasteiger partial charge is 0.320 e. The van der Waals surface area contributed by atoms with E-state index in [0.29, 0.717) is 16.6 Å². The SMILES string of the molecule is Cc1cnc(NC(=O)c2cc(C)c(C#CCN)s2)s1. The van der Waals surface area contributed by atoms with Gasteiger partial charge in [0.15, 0.2) is 5.13 Å². The summed E-state index contributed by atoms with van der Waals surface area (Å²) < 4.78 is 0. The minimum Gasteiger partial charge on any atom is -0.320 e. The van der Waals surface area contributed by atoms with Crippen molar-refractivity contribution in [3.63, 3.8) is 0 Å². The number of carbonyl (C=O) groups excluding carboxylic acids is 1. The van der Waals surface area contributed by atoms with Crippen LogP contribution in [0.15, 0.2) is 12.3 Å². The fourth-order valence-corrected chi connectivity index (χ4v) is 3.02. The summed E-state index contributed by atoms with van der Waals surface area (Å²) in [5.41, 5.74) is 6.33. The van der Waals surface area contributed by atoms with Crippen LogP contribution in [0.5, 0.6) is 0 Å². The molecule has 0 spiro atoms. The molecular weight excluding hydrogens is 278 g/mol. The second-order valence-electron chi connectivity index (χ2n) is 3.86. The molecule has 0 atom stereocenters. The van der Waals surface area contributed by atoms with Crippen molar-refractivity contribution in [1.82, 2.24) is 4.98 Å². The molecule has 0 aliphatic heterocycles. The molecule has 2 heterocycles. The van der Waals surface area contributed by atoms with Crippen LogP contribution in [0.3, 0.4) is 0 Å². The third-order valence-corrected chi connectivity index (χ3v) is 4.27. The van der Waals surface area contributed by atoms with E-state index in [1.165, 1.54) is 22.7 Å². The maximum absolute atomic E-state index is 12.1.